The summed E-state index contributed by atoms with van der Waals surface area (Å²) >= 11 is 1.25. The molecule has 3 aromatic rings. The summed E-state index contributed by atoms with van der Waals surface area (Å²) < 4.78 is 17.5. The van der Waals surface area contributed by atoms with Crippen LogP contribution < -0.4 is 15.2 Å². The van der Waals surface area contributed by atoms with E-state index in [9.17, 15) is 14.7 Å². The van der Waals surface area contributed by atoms with Crippen molar-refractivity contribution < 1.29 is 14.3 Å². The van der Waals surface area contributed by atoms with E-state index < -0.39 is 17.2 Å². The Labute approximate surface area is 195 Å². The maximum atomic E-state index is 15.6. The number of piperazine rings is 1. The van der Waals surface area contributed by atoms with E-state index in [2.05, 4.69) is 30.6 Å². The summed E-state index contributed by atoms with van der Waals surface area (Å²) in [4.78, 5) is 31.8. The van der Waals surface area contributed by atoms with Gasteiger partial charge >= 0.3 is 5.97 Å². The van der Waals surface area contributed by atoms with Crippen molar-refractivity contribution in [1.29, 1.82) is 0 Å². The molecule has 1 saturated heterocycles. The lowest BCUT2D eigenvalue weighted by Gasteiger charge is -2.46. The van der Waals surface area contributed by atoms with Crippen LogP contribution in [0.5, 0.6) is 0 Å². The average molecular weight is 481 g/mol. The summed E-state index contributed by atoms with van der Waals surface area (Å²) in [5, 5.41) is 11.7. The number of pyridine rings is 1. The molecule has 10 heteroatoms. The van der Waals surface area contributed by atoms with Crippen molar-refractivity contribution in [2.75, 3.05) is 36.5 Å². The molecule has 0 aliphatic carbocycles. The molecule has 4 heterocycles. The van der Waals surface area contributed by atoms with Gasteiger partial charge in [-0.25, -0.2) is 9.18 Å². The third kappa shape index (κ3) is 3.02. The van der Waals surface area contributed by atoms with Crippen molar-refractivity contribution in [3.8, 4) is 0 Å². The van der Waals surface area contributed by atoms with E-state index in [0.717, 1.165) is 12.2 Å². The van der Waals surface area contributed by atoms with Crippen molar-refractivity contribution in [1.82, 2.24) is 9.30 Å². The van der Waals surface area contributed by atoms with Crippen LogP contribution in [0.2, 0.25) is 0 Å². The van der Waals surface area contributed by atoms with E-state index >= 15 is 4.39 Å². The fourth-order valence-corrected chi connectivity index (χ4v) is 6.51. The Morgan fingerprint density at radius 2 is 1.91 bits per heavy atom. The zero-order valence-corrected chi connectivity index (χ0v) is 20.0. The minimum atomic E-state index is -1.28. The van der Waals surface area contributed by atoms with Gasteiger partial charge in [-0.1, -0.05) is 6.92 Å². The van der Waals surface area contributed by atoms with Crippen molar-refractivity contribution in [3.63, 3.8) is 0 Å². The molecule has 5 rings (SSSR count). The molecule has 172 valence electrons. The summed E-state index contributed by atoms with van der Waals surface area (Å²) in [5.74, 6) is -1.76. The molecule has 2 aliphatic rings. The van der Waals surface area contributed by atoms with Gasteiger partial charge in [0.25, 0.3) is 0 Å². The first-order valence-corrected chi connectivity index (χ1v) is 11.4. The minimum Gasteiger partial charge on any atom is -0.477 e. The van der Waals surface area contributed by atoms with E-state index in [0.29, 0.717) is 41.4 Å². The number of hydrogen-bond acceptors (Lipinski definition) is 6. The summed E-state index contributed by atoms with van der Waals surface area (Å²) in [6.45, 7) is 9.26. The molecule has 7 nitrogen and oxygen atoms in total. The van der Waals surface area contributed by atoms with E-state index in [-0.39, 0.29) is 35.4 Å². The third-order valence-corrected chi connectivity index (χ3v) is 7.68. The molecule has 2 aromatic heterocycles. The van der Waals surface area contributed by atoms with Crippen LogP contribution in [0, 0.1) is 5.82 Å². The highest BCUT2D eigenvalue weighted by Crippen LogP contribution is 2.44. The molecule has 0 unspecified atom stereocenters. The number of aromatic carboxylic acids is 1. The summed E-state index contributed by atoms with van der Waals surface area (Å²) in [7, 11) is 1.90. The van der Waals surface area contributed by atoms with Gasteiger partial charge in [-0.15, -0.1) is 23.7 Å². The van der Waals surface area contributed by atoms with E-state index in [4.69, 9.17) is 0 Å². The van der Waals surface area contributed by atoms with Crippen LogP contribution in [-0.4, -0.2) is 59.1 Å². The van der Waals surface area contributed by atoms with Gasteiger partial charge in [0.15, 0.2) is 0 Å². The number of rotatable bonds is 3. The maximum Gasteiger partial charge on any atom is 0.342 e. The van der Waals surface area contributed by atoms with Gasteiger partial charge in [-0.3, -0.25) is 14.1 Å². The number of aromatic nitrogens is 1. The number of carbonyl (C=O) groups is 1. The van der Waals surface area contributed by atoms with Crippen LogP contribution in [0.1, 0.15) is 36.8 Å². The molecule has 0 spiro atoms. The molecule has 0 saturated carbocycles. The summed E-state index contributed by atoms with van der Waals surface area (Å²) in [5.41, 5.74) is 1.75. The monoisotopic (exact) mass is 480 g/mol. The van der Waals surface area contributed by atoms with Crippen LogP contribution in [0.4, 0.5) is 15.8 Å². The molecule has 0 radical (unpaired) electrons. The highest BCUT2D eigenvalue weighted by molar-refractivity contribution is 7.16. The largest absolute Gasteiger partial charge is 0.477 e. The first-order chi connectivity index (χ1) is 14.7. The fourth-order valence-electron chi connectivity index (χ4n) is 5.47. The Bertz CT molecular complexity index is 1290. The number of nitrogens with zero attached hydrogens (tertiary/aromatic N) is 4. The minimum absolute atomic E-state index is 0. The van der Waals surface area contributed by atoms with E-state index in [1.54, 1.807) is 0 Å². The van der Waals surface area contributed by atoms with Crippen molar-refractivity contribution >= 4 is 56.8 Å². The lowest BCUT2D eigenvalue weighted by atomic mass is 10.0. The molecule has 1 fully saturated rings. The van der Waals surface area contributed by atoms with Crippen LogP contribution in [0.25, 0.3) is 15.7 Å². The van der Waals surface area contributed by atoms with Crippen molar-refractivity contribution in [2.24, 2.45) is 0 Å². The quantitative estimate of drug-likeness (QED) is 0.617. The van der Waals surface area contributed by atoms with Gasteiger partial charge in [0.05, 0.1) is 34.5 Å². The second-order valence-corrected chi connectivity index (χ2v) is 9.48. The Balaban J connectivity index is 0.00000245. The van der Waals surface area contributed by atoms with Crippen molar-refractivity contribution in [2.45, 2.75) is 39.4 Å². The molecule has 2 atom stereocenters. The summed E-state index contributed by atoms with van der Waals surface area (Å²) in [6, 6.07) is 1.76. The number of halogens is 2. The first kappa shape index (κ1) is 22.8. The number of anilines is 2. The van der Waals surface area contributed by atoms with E-state index in [1.807, 2.05) is 21.7 Å². The number of likely N-dealkylation sites (N-methyl/N-ethyl adjacent to an activating group) is 1. The maximum absolute atomic E-state index is 15.6. The first-order valence-electron chi connectivity index (χ1n) is 10.5. The predicted octanol–water partition coefficient (Wildman–Crippen LogP) is 3.64. The number of hydrogen-bond donors (Lipinski definition) is 1. The second kappa shape index (κ2) is 7.90. The Hall–Kier alpha value is -2.36. The standard InChI is InChI=1S/C22H25FN4O3S.ClH/c1-5-26-11(2)7-25(8-12(26)3)18-15(23)6-14-17-19(18)24(4)9-13-10-31-21(27(13)17)16(20(14)28)22(29)30;/h6,10-12H,5,7-9H2,1-4H3,(H,29,30);1H/t11-,12+;. The lowest BCUT2D eigenvalue weighted by molar-refractivity contribution is 0.0697. The van der Waals surface area contributed by atoms with Crippen LogP contribution >= 0.6 is 23.7 Å². The zero-order chi connectivity index (χ0) is 22.2. The van der Waals surface area contributed by atoms with Gasteiger partial charge < -0.3 is 14.9 Å². The molecule has 1 aromatic carbocycles. The molecular formula is C22H26ClFN4O3S. The third-order valence-electron chi connectivity index (χ3n) is 6.68. The number of carboxylic acid groups (broad SMARTS) is 1. The Morgan fingerprint density at radius 3 is 2.50 bits per heavy atom. The number of thiazole rings is 1. The van der Waals surface area contributed by atoms with Crippen molar-refractivity contribution in [3.05, 3.63) is 38.7 Å². The normalized spacial score (nSPS) is 20.9. The highest BCUT2D eigenvalue weighted by Gasteiger charge is 2.35. The van der Waals surface area contributed by atoms with Gasteiger partial charge in [0.2, 0.25) is 5.43 Å². The van der Waals surface area contributed by atoms with Gasteiger partial charge in [-0.05, 0) is 26.5 Å². The van der Waals surface area contributed by atoms with Gasteiger partial charge in [0, 0.05) is 37.6 Å². The van der Waals surface area contributed by atoms with E-state index in [1.165, 1.54) is 17.4 Å². The molecule has 0 bridgehead atoms. The van der Waals surface area contributed by atoms with Crippen LogP contribution in [-0.2, 0) is 6.54 Å². The predicted molar refractivity (Wildman–Crippen MR) is 129 cm³/mol. The number of carboxylic acids is 1. The number of benzene rings is 1. The molecule has 2 aliphatic heterocycles. The summed E-state index contributed by atoms with van der Waals surface area (Å²) in [6.07, 6.45) is 0. The SMILES string of the molecule is CCN1[C@H](C)CN(c2c(F)cc3c(=O)c(C(=O)O)c4scc5n4c3c2N(C)C5)C[C@@H]1C.Cl. The fraction of sp³-hybridized carbons (Fsp3) is 0.455. The van der Waals surface area contributed by atoms with Crippen LogP contribution in [0.15, 0.2) is 16.2 Å². The van der Waals surface area contributed by atoms with Gasteiger partial charge in [0.1, 0.15) is 16.2 Å². The van der Waals surface area contributed by atoms with Gasteiger partial charge in [-0.2, -0.15) is 0 Å². The second-order valence-electron chi connectivity index (χ2n) is 8.62. The Morgan fingerprint density at radius 1 is 1.25 bits per heavy atom. The average Bonchev–Trinajstić information content (AvgIpc) is 3.10. The van der Waals surface area contributed by atoms with Crippen LogP contribution in [0.3, 0.4) is 0 Å². The molecular weight excluding hydrogens is 455 g/mol. The molecule has 0 amide bonds. The Kier molecular flexibility index (Phi) is 5.63. The zero-order valence-electron chi connectivity index (χ0n) is 18.4. The highest BCUT2D eigenvalue weighted by atomic mass is 35.5. The topological polar surface area (TPSA) is 68.5 Å². The lowest BCUT2D eigenvalue weighted by Crippen LogP contribution is -2.57. The molecule has 1 N–H and O–H groups in total. The smallest absolute Gasteiger partial charge is 0.342 e. The molecule has 32 heavy (non-hydrogen) atoms.